The van der Waals surface area contributed by atoms with Crippen LogP contribution in [0.15, 0.2) is 0 Å². The van der Waals surface area contributed by atoms with Gasteiger partial charge in [-0.15, -0.1) is 0 Å². The van der Waals surface area contributed by atoms with E-state index in [0.717, 1.165) is 38.5 Å². The number of hydrogen-bond acceptors (Lipinski definition) is 3. The molecule has 7 atom stereocenters. The summed E-state index contributed by atoms with van der Waals surface area (Å²) in [5, 5.41) is 10.4. The van der Waals surface area contributed by atoms with Gasteiger partial charge in [0.1, 0.15) is 11.6 Å². The van der Waals surface area contributed by atoms with Gasteiger partial charge in [0.15, 0.2) is 0 Å². The highest BCUT2D eigenvalue weighted by Gasteiger charge is 2.62. The molecular formula is C19H28O3. The Balaban J connectivity index is 1.69. The van der Waals surface area contributed by atoms with Gasteiger partial charge in [-0.05, 0) is 67.6 Å². The molecule has 0 radical (unpaired) electrons. The lowest BCUT2D eigenvalue weighted by Gasteiger charge is -2.58. The minimum atomic E-state index is -0.272. The molecule has 0 aromatic carbocycles. The molecule has 22 heavy (non-hydrogen) atoms. The highest BCUT2D eigenvalue weighted by Crippen LogP contribution is 2.65. The van der Waals surface area contributed by atoms with E-state index in [4.69, 9.17) is 0 Å². The molecule has 1 N–H and O–H groups in total. The second kappa shape index (κ2) is 4.66. The summed E-state index contributed by atoms with van der Waals surface area (Å²) in [5.41, 5.74) is -0.205. The van der Waals surface area contributed by atoms with Crippen molar-refractivity contribution in [2.24, 2.45) is 34.5 Å². The van der Waals surface area contributed by atoms with Crippen molar-refractivity contribution in [2.45, 2.75) is 71.3 Å². The maximum atomic E-state index is 12.8. The first-order valence-corrected chi connectivity index (χ1v) is 9.10. The van der Waals surface area contributed by atoms with Gasteiger partial charge in [0.05, 0.1) is 12.5 Å². The molecule has 0 amide bonds. The molecule has 0 aliphatic heterocycles. The van der Waals surface area contributed by atoms with Gasteiger partial charge in [-0.1, -0.05) is 13.8 Å². The SMILES string of the molecule is C[C@]12CC[C@H]3[C@@H](CC[C@H]4CC(=O)CC(=O)[C@@]43C)[C@@H]1CC[C@@H]2O. The molecule has 122 valence electrons. The molecule has 3 nitrogen and oxygen atoms in total. The highest BCUT2D eigenvalue weighted by atomic mass is 16.3. The quantitative estimate of drug-likeness (QED) is 0.700. The monoisotopic (exact) mass is 304 g/mol. The van der Waals surface area contributed by atoms with E-state index < -0.39 is 0 Å². The van der Waals surface area contributed by atoms with E-state index in [1.54, 1.807) is 0 Å². The summed E-state index contributed by atoms with van der Waals surface area (Å²) in [6, 6.07) is 0. The minimum Gasteiger partial charge on any atom is -0.393 e. The Morgan fingerprint density at radius 3 is 2.55 bits per heavy atom. The van der Waals surface area contributed by atoms with Crippen molar-refractivity contribution in [1.29, 1.82) is 0 Å². The first-order chi connectivity index (χ1) is 10.4. The molecule has 0 unspecified atom stereocenters. The summed E-state index contributed by atoms with van der Waals surface area (Å²) >= 11 is 0. The van der Waals surface area contributed by atoms with E-state index in [1.807, 2.05) is 0 Å². The number of Topliss-reactive ketones (excluding diaryl/α,β-unsaturated/α-hetero) is 2. The smallest absolute Gasteiger partial charge is 0.146 e. The van der Waals surface area contributed by atoms with Crippen LogP contribution >= 0.6 is 0 Å². The van der Waals surface area contributed by atoms with Gasteiger partial charge in [0, 0.05) is 11.8 Å². The molecule has 4 aliphatic carbocycles. The summed E-state index contributed by atoms with van der Waals surface area (Å²) in [6.07, 6.45) is 6.95. The van der Waals surface area contributed by atoms with E-state index in [-0.39, 0.29) is 40.8 Å². The van der Waals surface area contributed by atoms with Crippen molar-refractivity contribution >= 4 is 11.6 Å². The number of carbonyl (C=O) groups excluding carboxylic acids is 2. The zero-order valence-corrected chi connectivity index (χ0v) is 13.8. The molecule has 4 rings (SSSR count). The first-order valence-electron chi connectivity index (χ1n) is 9.10. The third kappa shape index (κ3) is 1.72. The summed E-state index contributed by atoms with van der Waals surface area (Å²) in [4.78, 5) is 24.6. The topological polar surface area (TPSA) is 54.4 Å². The van der Waals surface area contributed by atoms with Crippen molar-refractivity contribution in [3.05, 3.63) is 0 Å². The lowest BCUT2D eigenvalue weighted by Crippen LogP contribution is -2.57. The average Bonchev–Trinajstić information content (AvgIpc) is 2.77. The van der Waals surface area contributed by atoms with Crippen molar-refractivity contribution in [2.75, 3.05) is 0 Å². The normalized spacial score (nSPS) is 54.6. The van der Waals surface area contributed by atoms with Crippen LogP contribution < -0.4 is 0 Å². The van der Waals surface area contributed by atoms with Crippen molar-refractivity contribution in [3.63, 3.8) is 0 Å². The summed E-state index contributed by atoms with van der Waals surface area (Å²) < 4.78 is 0. The third-order valence-corrected chi connectivity index (χ3v) is 8.29. The maximum Gasteiger partial charge on any atom is 0.146 e. The van der Waals surface area contributed by atoms with Gasteiger partial charge in [-0.25, -0.2) is 0 Å². The Labute approximate surface area is 132 Å². The van der Waals surface area contributed by atoms with Crippen LogP contribution in [-0.4, -0.2) is 22.8 Å². The van der Waals surface area contributed by atoms with Crippen molar-refractivity contribution in [3.8, 4) is 0 Å². The number of carbonyl (C=O) groups is 2. The molecule has 0 aromatic rings. The predicted molar refractivity (Wildman–Crippen MR) is 83.1 cm³/mol. The van der Waals surface area contributed by atoms with Crippen molar-refractivity contribution < 1.29 is 14.7 Å². The number of hydrogen-bond donors (Lipinski definition) is 1. The Morgan fingerprint density at radius 2 is 1.77 bits per heavy atom. The van der Waals surface area contributed by atoms with Crippen LogP contribution in [0.2, 0.25) is 0 Å². The van der Waals surface area contributed by atoms with E-state index in [2.05, 4.69) is 13.8 Å². The maximum absolute atomic E-state index is 12.8. The van der Waals surface area contributed by atoms with E-state index in [1.165, 1.54) is 0 Å². The van der Waals surface area contributed by atoms with E-state index >= 15 is 0 Å². The van der Waals surface area contributed by atoms with Crippen LogP contribution in [0.4, 0.5) is 0 Å². The summed E-state index contributed by atoms with van der Waals surface area (Å²) in [6.45, 7) is 4.43. The van der Waals surface area contributed by atoms with Crippen LogP contribution in [0.25, 0.3) is 0 Å². The third-order valence-electron chi connectivity index (χ3n) is 8.29. The Kier molecular flexibility index (Phi) is 3.15. The number of aliphatic hydroxyl groups is 1. The van der Waals surface area contributed by atoms with Crippen molar-refractivity contribution in [1.82, 2.24) is 0 Å². The fourth-order valence-corrected chi connectivity index (χ4v) is 6.87. The number of rotatable bonds is 0. The molecule has 0 spiro atoms. The molecule has 4 fully saturated rings. The molecule has 0 bridgehead atoms. The number of aliphatic hydroxyl groups excluding tert-OH is 1. The first kappa shape index (κ1) is 14.9. The Morgan fingerprint density at radius 1 is 1.00 bits per heavy atom. The van der Waals surface area contributed by atoms with E-state index in [0.29, 0.717) is 24.2 Å². The van der Waals surface area contributed by atoms with Gasteiger partial charge in [0.25, 0.3) is 0 Å². The van der Waals surface area contributed by atoms with Crippen LogP contribution in [0.1, 0.15) is 65.2 Å². The molecule has 3 heteroatoms. The zero-order chi connectivity index (χ0) is 15.7. The number of ketones is 2. The second-order valence-corrected chi connectivity index (χ2v) is 8.91. The Hall–Kier alpha value is -0.700. The van der Waals surface area contributed by atoms with Gasteiger partial charge in [-0.2, -0.15) is 0 Å². The summed E-state index contributed by atoms with van der Waals surface area (Å²) in [7, 11) is 0. The Bertz CT molecular complexity index is 527. The van der Waals surface area contributed by atoms with Gasteiger partial charge in [-0.3, -0.25) is 9.59 Å². The lowest BCUT2D eigenvalue weighted by atomic mass is 9.45. The molecule has 0 heterocycles. The number of fused-ring (bicyclic) bond motifs is 5. The molecular weight excluding hydrogens is 276 g/mol. The summed E-state index contributed by atoms with van der Waals surface area (Å²) in [5.74, 6) is 2.24. The minimum absolute atomic E-state index is 0.0674. The lowest BCUT2D eigenvalue weighted by molar-refractivity contribution is -0.161. The standard InChI is InChI=1S/C19H28O3/c1-18-8-7-15-13(14(18)5-6-16(18)21)4-3-11-9-12(20)10-17(22)19(11,15)2/h11,13-16,21H,3-10H2,1-2H3/t11-,13-,14-,15-,16-,18-,19-/m0/s1. The molecule has 0 aromatic heterocycles. The van der Waals surface area contributed by atoms with Crippen LogP contribution in [0, 0.1) is 34.5 Å². The molecule has 4 saturated carbocycles. The van der Waals surface area contributed by atoms with Gasteiger partial charge < -0.3 is 5.11 Å². The molecule has 4 aliphatic rings. The fourth-order valence-electron chi connectivity index (χ4n) is 6.87. The highest BCUT2D eigenvalue weighted by molar-refractivity contribution is 6.04. The van der Waals surface area contributed by atoms with Crippen LogP contribution in [0.5, 0.6) is 0 Å². The van der Waals surface area contributed by atoms with Crippen LogP contribution in [0.3, 0.4) is 0 Å². The molecule has 0 saturated heterocycles. The van der Waals surface area contributed by atoms with Gasteiger partial charge in [0.2, 0.25) is 0 Å². The largest absolute Gasteiger partial charge is 0.393 e. The van der Waals surface area contributed by atoms with E-state index in [9.17, 15) is 14.7 Å². The fraction of sp³-hybridized carbons (Fsp3) is 0.895. The zero-order valence-electron chi connectivity index (χ0n) is 13.8. The van der Waals surface area contributed by atoms with Gasteiger partial charge >= 0.3 is 0 Å². The average molecular weight is 304 g/mol. The predicted octanol–water partition coefficient (Wildman–Crippen LogP) is 3.14. The van der Waals surface area contributed by atoms with Crippen LogP contribution in [-0.2, 0) is 9.59 Å². The second-order valence-electron chi connectivity index (χ2n) is 8.91.